The maximum atomic E-state index is 12.8. The highest BCUT2D eigenvalue weighted by atomic mass is 16.5. The summed E-state index contributed by atoms with van der Waals surface area (Å²) in [7, 11) is 1.62. The van der Waals surface area contributed by atoms with Crippen LogP contribution in [0.5, 0.6) is 5.75 Å². The van der Waals surface area contributed by atoms with Gasteiger partial charge in [-0.1, -0.05) is 36.4 Å². The number of likely N-dealkylation sites (N-methyl/N-ethyl adjacent to an activating group) is 1. The smallest absolute Gasteiger partial charge is 0.247 e. The molecule has 1 N–H and O–H groups in total. The summed E-state index contributed by atoms with van der Waals surface area (Å²) in [6, 6.07) is 14.6. The van der Waals surface area contributed by atoms with E-state index in [2.05, 4.69) is 5.32 Å². The van der Waals surface area contributed by atoms with Gasteiger partial charge in [0, 0.05) is 13.1 Å². The number of carbonyl (C=O) groups excluding carboxylic acids is 2. The van der Waals surface area contributed by atoms with E-state index in [9.17, 15) is 9.59 Å². The molecule has 0 saturated carbocycles. The number of fused-ring (bicyclic) bond motifs is 1. The van der Waals surface area contributed by atoms with Crippen LogP contribution in [0, 0.1) is 0 Å². The molecular formula is C20H22N2O3. The average Bonchev–Trinajstić information content (AvgIpc) is 2.65. The molecule has 0 bridgehead atoms. The Bertz CT molecular complexity index is 771. The SMILES string of the molecule is CCN1C(=O)Cc2ccccc2[C@@H]1C(=O)NCc1ccc(OC)cc1. The molecular weight excluding hydrogens is 316 g/mol. The van der Waals surface area contributed by atoms with Crippen molar-refractivity contribution in [2.75, 3.05) is 13.7 Å². The molecule has 2 amide bonds. The number of nitrogens with zero attached hydrogens (tertiary/aromatic N) is 1. The molecule has 2 aromatic rings. The Labute approximate surface area is 147 Å². The fourth-order valence-electron chi connectivity index (χ4n) is 3.21. The number of hydrogen-bond acceptors (Lipinski definition) is 3. The van der Waals surface area contributed by atoms with Crippen LogP contribution in [0.25, 0.3) is 0 Å². The van der Waals surface area contributed by atoms with Crippen molar-refractivity contribution < 1.29 is 14.3 Å². The normalized spacial score (nSPS) is 16.3. The number of ether oxygens (including phenoxy) is 1. The fraction of sp³-hybridized carbons (Fsp3) is 0.300. The van der Waals surface area contributed by atoms with Crippen molar-refractivity contribution >= 4 is 11.8 Å². The van der Waals surface area contributed by atoms with E-state index in [4.69, 9.17) is 4.74 Å². The topological polar surface area (TPSA) is 58.6 Å². The van der Waals surface area contributed by atoms with Gasteiger partial charge >= 0.3 is 0 Å². The number of hydrogen-bond donors (Lipinski definition) is 1. The van der Waals surface area contributed by atoms with Crippen molar-refractivity contribution in [3.8, 4) is 5.75 Å². The minimum Gasteiger partial charge on any atom is -0.497 e. The van der Waals surface area contributed by atoms with Crippen molar-refractivity contribution in [2.24, 2.45) is 0 Å². The van der Waals surface area contributed by atoms with E-state index < -0.39 is 6.04 Å². The summed E-state index contributed by atoms with van der Waals surface area (Å²) in [4.78, 5) is 26.9. The maximum Gasteiger partial charge on any atom is 0.247 e. The summed E-state index contributed by atoms with van der Waals surface area (Å²) in [5, 5.41) is 2.96. The van der Waals surface area contributed by atoms with E-state index in [-0.39, 0.29) is 11.8 Å². The second-order valence-corrected chi connectivity index (χ2v) is 6.02. The monoisotopic (exact) mass is 338 g/mol. The highest BCUT2D eigenvalue weighted by Gasteiger charge is 2.35. The van der Waals surface area contributed by atoms with Gasteiger partial charge in [-0.2, -0.15) is 0 Å². The van der Waals surface area contributed by atoms with Crippen LogP contribution in [-0.2, 0) is 22.6 Å². The Balaban J connectivity index is 1.78. The number of carbonyl (C=O) groups is 2. The molecule has 0 unspecified atom stereocenters. The molecule has 0 aromatic heterocycles. The summed E-state index contributed by atoms with van der Waals surface area (Å²) >= 11 is 0. The van der Waals surface area contributed by atoms with E-state index in [1.165, 1.54) is 0 Å². The zero-order valence-electron chi connectivity index (χ0n) is 14.5. The van der Waals surface area contributed by atoms with Crippen molar-refractivity contribution in [1.82, 2.24) is 10.2 Å². The lowest BCUT2D eigenvalue weighted by atomic mass is 9.91. The molecule has 2 aromatic carbocycles. The van der Waals surface area contributed by atoms with Crippen LogP contribution in [-0.4, -0.2) is 30.4 Å². The largest absolute Gasteiger partial charge is 0.497 e. The number of benzene rings is 2. The van der Waals surface area contributed by atoms with Gasteiger partial charge in [0.2, 0.25) is 11.8 Å². The highest BCUT2D eigenvalue weighted by Crippen LogP contribution is 2.30. The third kappa shape index (κ3) is 3.50. The Kier molecular flexibility index (Phi) is 5.03. The van der Waals surface area contributed by atoms with Gasteiger partial charge in [-0.3, -0.25) is 9.59 Å². The maximum absolute atomic E-state index is 12.8. The van der Waals surface area contributed by atoms with E-state index >= 15 is 0 Å². The van der Waals surface area contributed by atoms with Crippen molar-refractivity contribution in [3.05, 3.63) is 65.2 Å². The predicted molar refractivity (Wildman–Crippen MR) is 95.1 cm³/mol. The second-order valence-electron chi connectivity index (χ2n) is 6.02. The molecule has 130 valence electrons. The molecule has 0 fully saturated rings. The van der Waals surface area contributed by atoms with Gasteiger partial charge in [0.15, 0.2) is 0 Å². The fourth-order valence-corrected chi connectivity index (χ4v) is 3.21. The first-order valence-electron chi connectivity index (χ1n) is 8.42. The number of amides is 2. The van der Waals surface area contributed by atoms with E-state index in [1.807, 2.05) is 55.5 Å². The van der Waals surface area contributed by atoms with Gasteiger partial charge in [0.1, 0.15) is 11.8 Å². The molecule has 5 nitrogen and oxygen atoms in total. The second kappa shape index (κ2) is 7.38. The van der Waals surface area contributed by atoms with Crippen LogP contribution in [0.4, 0.5) is 0 Å². The Hall–Kier alpha value is -2.82. The van der Waals surface area contributed by atoms with Crippen molar-refractivity contribution in [3.63, 3.8) is 0 Å². The summed E-state index contributed by atoms with van der Waals surface area (Å²) in [5.41, 5.74) is 2.82. The lowest BCUT2D eigenvalue weighted by molar-refractivity contribution is -0.141. The molecule has 0 aliphatic carbocycles. The standard InChI is InChI=1S/C20H22N2O3/c1-3-22-18(23)12-15-6-4-5-7-17(15)19(22)20(24)21-13-14-8-10-16(25-2)11-9-14/h4-11,19H,3,12-13H2,1-2H3,(H,21,24)/t19-/m1/s1. The molecule has 0 saturated heterocycles. The Morgan fingerprint density at radius 1 is 1.20 bits per heavy atom. The van der Waals surface area contributed by atoms with Crippen molar-refractivity contribution in [2.45, 2.75) is 25.9 Å². The Morgan fingerprint density at radius 3 is 2.60 bits per heavy atom. The van der Waals surface area contributed by atoms with Crippen LogP contribution in [0.3, 0.4) is 0 Å². The van der Waals surface area contributed by atoms with Gasteiger partial charge in [0.05, 0.1) is 13.5 Å². The first-order valence-corrected chi connectivity index (χ1v) is 8.42. The minimum absolute atomic E-state index is 0.00852. The molecule has 25 heavy (non-hydrogen) atoms. The molecule has 0 radical (unpaired) electrons. The quantitative estimate of drug-likeness (QED) is 0.911. The van der Waals surface area contributed by atoms with Crippen LogP contribution >= 0.6 is 0 Å². The average molecular weight is 338 g/mol. The first-order chi connectivity index (χ1) is 12.1. The number of methoxy groups -OCH3 is 1. The van der Waals surface area contributed by atoms with E-state index in [0.717, 1.165) is 22.4 Å². The summed E-state index contributed by atoms with van der Waals surface area (Å²) in [5.74, 6) is 0.614. The lowest BCUT2D eigenvalue weighted by Gasteiger charge is -2.35. The minimum atomic E-state index is -0.569. The number of nitrogens with one attached hydrogen (secondary N) is 1. The van der Waals surface area contributed by atoms with E-state index in [0.29, 0.717) is 19.5 Å². The predicted octanol–water partition coefficient (Wildman–Crippen LogP) is 2.46. The highest BCUT2D eigenvalue weighted by molar-refractivity contribution is 5.92. The lowest BCUT2D eigenvalue weighted by Crippen LogP contribution is -2.47. The third-order valence-corrected chi connectivity index (χ3v) is 4.54. The third-order valence-electron chi connectivity index (χ3n) is 4.54. The number of rotatable bonds is 5. The molecule has 1 aliphatic rings. The van der Waals surface area contributed by atoms with Gasteiger partial charge in [-0.25, -0.2) is 0 Å². The summed E-state index contributed by atoms with van der Waals surface area (Å²) in [6.45, 7) is 2.82. The van der Waals surface area contributed by atoms with Crippen LogP contribution in [0.2, 0.25) is 0 Å². The summed E-state index contributed by atoms with van der Waals surface area (Å²) < 4.78 is 5.14. The molecule has 0 spiro atoms. The van der Waals surface area contributed by atoms with Gasteiger partial charge < -0.3 is 15.0 Å². The molecule has 3 rings (SSSR count). The first kappa shape index (κ1) is 17.0. The zero-order chi connectivity index (χ0) is 17.8. The van der Waals surface area contributed by atoms with Gasteiger partial charge in [0.25, 0.3) is 0 Å². The molecule has 1 heterocycles. The molecule has 1 atom stereocenters. The van der Waals surface area contributed by atoms with Crippen LogP contribution in [0.15, 0.2) is 48.5 Å². The van der Waals surface area contributed by atoms with Crippen molar-refractivity contribution in [1.29, 1.82) is 0 Å². The summed E-state index contributed by atoms with van der Waals surface area (Å²) in [6.07, 6.45) is 0.353. The van der Waals surface area contributed by atoms with Gasteiger partial charge in [-0.05, 0) is 35.7 Å². The molecule has 5 heteroatoms. The van der Waals surface area contributed by atoms with E-state index in [1.54, 1.807) is 12.0 Å². The van der Waals surface area contributed by atoms with Crippen LogP contribution in [0.1, 0.15) is 29.7 Å². The van der Waals surface area contributed by atoms with Crippen LogP contribution < -0.4 is 10.1 Å². The molecule has 1 aliphatic heterocycles. The zero-order valence-corrected chi connectivity index (χ0v) is 14.5. The Morgan fingerprint density at radius 2 is 1.92 bits per heavy atom. The van der Waals surface area contributed by atoms with Gasteiger partial charge in [-0.15, -0.1) is 0 Å².